The van der Waals surface area contributed by atoms with Crippen LogP contribution in [0.2, 0.25) is 0 Å². The van der Waals surface area contributed by atoms with Crippen molar-refractivity contribution >= 4 is 12.0 Å². The maximum atomic E-state index is 12.9. The molecule has 2 aliphatic rings. The van der Waals surface area contributed by atoms with Crippen molar-refractivity contribution in [3.8, 4) is 23.0 Å². The zero-order valence-corrected chi connectivity index (χ0v) is 22.2. The first kappa shape index (κ1) is 26.4. The Hall–Kier alpha value is -4.24. The number of esters is 1. The van der Waals surface area contributed by atoms with Crippen LogP contribution in [0, 0.1) is 0 Å². The number of carbonyl (C=O) groups is 1. The van der Waals surface area contributed by atoms with Crippen LogP contribution in [0.4, 0.5) is 0 Å². The van der Waals surface area contributed by atoms with Crippen LogP contribution in [0.15, 0.2) is 57.2 Å². The molecule has 3 heterocycles. The van der Waals surface area contributed by atoms with Gasteiger partial charge in [-0.05, 0) is 47.4 Å². The highest BCUT2D eigenvalue weighted by Gasteiger charge is 2.31. The minimum absolute atomic E-state index is 0.0287. The normalized spacial score (nSPS) is 15.3. The first-order chi connectivity index (χ1) is 18.9. The summed E-state index contributed by atoms with van der Waals surface area (Å²) in [6.07, 6.45) is 2.58. The molecule has 0 radical (unpaired) electrons. The second kappa shape index (κ2) is 11.2. The van der Waals surface area contributed by atoms with E-state index >= 15 is 0 Å². The highest BCUT2D eigenvalue weighted by Crippen LogP contribution is 2.39. The van der Waals surface area contributed by atoms with Crippen LogP contribution in [-0.2, 0) is 29.0 Å². The van der Waals surface area contributed by atoms with Crippen LogP contribution in [0.5, 0.6) is 23.0 Å². The van der Waals surface area contributed by atoms with Gasteiger partial charge in [0, 0.05) is 24.7 Å². The Balaban J connectivity index is 1.45. The quantitative estimate of drug-likeness (QED) is 0.429. The molecule has 5 rings (SSSR count). The largest absolute Gasteiger partial charge is 0.502 e. The molecule has 0 saturated heterocycles. The number of fused-ring (bicyclic) bond motifs is 2. The van der Waals surface area contributed by atoms with E-state index in [1.807, 2.05) is 42.5 Å². The molecule has 1 unspecified atom stereocenters. The molecule has 3 aromatic rings. The van der Waals surface area contributed by atoms with E-state index in [2.05, 4.69) is 4.90 Å². The lowest BCUT2D eigenvalue weighted by molar-refractivity contribution is -0.141. The molecular formula is C30H31NO8. The number of carbonyl (C=O) groups excluding carboxylic acids is 1. The predicted octanol–water partition coefficient (Wildman–Crippen LogP) is 4.04. The zero-order valence-electron chi connectivity index (χ0n) is 22.2. The van der Waals surface area contributed by atoms with E-state index in [1.54, 1.807) is 14.2 Å². The fraction of sp³-hybridized carbons (Fsp3) is 0.333. The van der Waals surface area contributed by atoms with E-state index < -0.39 is 23.1 Å². The summed E-state index contributed by atoms with van der Waals surface area (Å²) in [6.45, 7) is 1.89. The predicted molar refractivity (Wildman–Crippen MR) is 143 cm³/mol. The number of benzene rings is 2. The third-order valence-electron chi connectivity index (χ3n) is 7.19. The Kier molecular flexibility index (Phi) is 7.60. The molecule has 0 spiro atoms. The molecule has 2 aromatic carbocycles. The summed E-state index contributed by atoms with van der Waals surface area (Å²) >= 11 is 0. The third kappa shape index (κ3) is 5.49. The molecule has 9 nitrogen and oxygen atoms in total. The Morgan fingerprint density at radius 2 is 1.82 bits per heavy atom. The van der Waals surface area contributed by atoms with E-state index in [0.717, 1.165) is 29.8 Å². The second-order valence-electron chi connectivity index (χ2n) is 9.60. The molecule has 9 heteroatoms. The summed E-state index contributed by atoms with van der Waals surface area (Å²) in [4.78, 5) is 27.4. The number of ether oxygens (including phenoxy) is 4. The number of hydrogen-bond donors (Lipinski definition) is 1. The zero-order chi connectivity index (χ0) is 27.5. The van der Waals surface area contributed by atoms with Crippen molar-refractivity contribution in [1.82, 2.24) is 4.90 Å². The molecule has 0 amide bonds. The molecule has 0 aliphatic carbocycles. The van der Waals surface area contributed by atoms with Crippen LogP contribution in [0.1, 0.15) is 40.5 Å². The highest BCUT2D eigenvalue weighted by molar-refractivity contribution is 5.73. The Morgan fingerprint density at radius 1 is 1.08 bits per heavy atom. The standard InChI is InChI=1S/C30H31NO8/c1-35-26-11-18-8-9-31(15-20(18)12-27(26)36-2)16-22-13-24(32)29(34)30(39-22)23(14-28(33)37-3)21-10-19-6-4-5-7-25(19)38-17-21/h4-7,10-13,23,34H,8-9,14-17H2,1-3H3. The van der Waals surface area contributed by atoms with Gasteiger partial charge in [-0.15, -0.1) is 0 Å². The molecular weight excluding hydrogens is 502 g/mol. The monoisotopic (exact) mass is 533 g/mol. The minimum Gasteiger partial charge on any atom is -0.502 e. The average Bonchev–Trinajstić information content (AvgIpc) is 2.96. The van der Waals surface area contributed by atoms with Gasteiger partial charge in [0.2, 0.25) is 11.2 Å². The fourth-order valence-electron chi connectivity index (χ4n) is 5.14. The summed E-state index contributed by atoms with van der Waals surface area (Å²) in [5.41, 5.74) is 3.25. The van der Waals surface area contributed by atoms with E-state index in [0.29, 0.717) is 35.9 Å². The molecule has 1 atom stereocenters. The summed E-state index contributed by atoms with van der Waals surface area (Å²) in [6, 6.07) is 12.8. The summed E-state index contributed by atoms with van der Waals surface area (Å²) in [7, 11) is 4.52. The lowest BCUT2D eigenvalue weighted by Crippen LogP contribution is -2.30. The maximum absolute atomic E-state index is 12.9. The van der Waals surface area contributed by atoms with Crippen LogP contribution in [0.25, 0.3) is 6.08 Å². The Morgan fingerprint density at radius 3 is 2.56 bits per heavy atom. The number of nitrogens with zero attached hydrogens (tertiary/aromatic N) is 1. The Bertz CT molecular complexity index is 1470. The second-order valence-corrected chi connectivity index (χ2v) is 9.60. The van der Waals surface area contributed by atoms with Gasteiger partial charge < -0.3 is 28.5 Å². The first-order valence-corrected chi connectivity index (χ1v) is 12.7. The van der Waals surface area contributed by atoms with Gasteiger partial charge in [-0.25, -0.2) is 0 Å². The topological polar surface area (TPSA) is 108 Å². The number of para-hydroxylation sites is 1. The Labute approximate surface area is 226 Å². The molecule has 0 bridgehead atoms. The van der Waals surface area contributed by atoms with Crippen molar-refractivity contribution in [3.63, 3.8) is 0 Å². The molecule has 2 aliphatic heterocycles. The molecule has 0 saturated carbocycles. The van der Waals surface area contributed by atoms with Crippen molar-refractivity contribution in [2.75, 3.05) is 34.5 Å². The van der Waals surface area contributed by atoms with Gasteiger partial charge in [0.05, 0.1) is 40.2 Å². The van der Waals surface area contributed by atoms with Crippen LogP contribution in [-0.4, -0.2) is 50.5 Å². The number of hydrogen-bond acceptors (Lipinski definition) is 9. The van der Waals surface area contributed by atoms with Gasteiger partial charge in [-0.1, -0.05) is 18.2 Å². The average molecular weight is 534 g/mol. The van der Waals surface area contributed by atoms with Crippen molar-refractivity contribution < 1.29 is 33.3 Å². The lowest BCUT2D eigenvalue weighted by atomic mass is 9.89. The van der Waals surface area contributed by atoms with Gasteiger partial charge in [0.15, 0.2) is 17.3 Å². The number of methoxy groups -OCH3 is 3. The molecule has 204 valence electrons. The van der Waals surface area contributed by atoms with Crippen molar-refractivity contribution in [3.05, 3.63) is 86.5 Å². The van der Waals surface area contributed by atoms with Crippen LogP contribution < -0.4 is 19.6 Å². The van der Waals surface area contributed by atoms with Gasteiger partial charge >= 0.3 is 5.97 Å². The number of rotatable bonds is 8. The first-order valence-electron chi connectivity index (χ1n) is 12.7. The van der Waals surface area contributed by atoms with E-state index in [-0.39, 0.29) is 18.8 Å². The molecule has 1 N–H and O–H groups in total. The lowest BCUT2D eigenvalue weighted by Gasteiger charge is -2.29. The summed E-state index contributed by atoms with van der Waals surface area (Å²) in [5, 5.41) is 10.8. The van der Waals surface area contributed by atoms with Crippen LogP contribution >= 0.6 is 0 Å². The van der Waals surface area contributed by atoms with Crippen molar-refractivity contribution in [2.24, 2.45) is 0 Å². The van der Waals surface area contributed by atoms with Gasteiger partial charge in [-0.3, -0.25) is 14.5 Å². The van der Waals surface area contributed by atoms with Gasteiger partial charge in [-0.2, -0.15) is 0 Å². The molecule has 39 heavy (non-hydrogen) atoms. The van der Waals surface area contributed by atoms with E-state index in [9.17, 15) is 14.7 Å². The fourth-order valence-corrected chi connectivity index (χ4v) is 5.14. The smallest absolute Gasteiger partial charge is 0.306 e. The third-order valence-corrected chi connectivity index (χ3v) is 7.19. The number of aromatic hydroxyl groups is 1. The molecule has 0 fully saturated rings. The van der Waals surface area contributed by atoms with Crippen molar-refractivity contribution in [2.45, 2.75) is 31.8 Å². The van der Waals surface area contributed by atoms with E-state index in [1.165, 1.54) is 18.7 Å². The SMILES string of the molecule is COC(=O)CC(C1=Cc2ccccc2OC1)c1oc(CN2CCc3cc(OC)c(OC)cc3C2)cc(=O)c1O. The van der Waals surface area contributed by atoms with Crippen LogP contribution in [0.3, 0.4) is 0 Å². The minimum atomic E-state index is -0.739. The maximum Gasteiger partial charge on any atom is 0.306 e. The van der Waals surface area contributed by atoms with Gasteiger partial charge in [0.25, 0.3) is 0 Å². The van der Waals surface area contributed by atoms with E-state index in [4.69, 9.17) is 23.4 Å². The summed E-state index contributed by atoms with van der Waals surface area (Å²) < 4.78 is 27.9. The summed E-state index contributed by atoms with van der Waals surface area (Å²) in [5.74, 6) is 0.739. The van der Waals surface area contributed by atoms with Gasteiger partial charge in [0.1, 0.15) is 18.1 Å². The van der Waals surface area contributed by atoms with Crippen molar-refractivity contribution in [1.29, 1.82) is 0 Å². The molecule has 1 aromatic heterocycles. The highest BCUT2D eigenvalue weighted by atomic mass is 16.5.